The zero-order valence-corrected chi connectivity index (χ0v) is 16.4. The molecule has 1 saturated heterocycles. The highest BCUT2D eigenvalue weighted by molar-refractivity contribution is 5.79. The van der Waals surface area contributed by atoms with E-state index in [2.05, 4.69) is 30.9 Å². The molecule has 0 saturated carbocycles. The van der Waals surface area contributed by atoms with E-state index in [4.69, 9.17) is 4.74 Å². The molecule has 2 heterocycles. The van der Waals surface area contributed by atoms with Gasteiger partial charge in [0.15, 0.2) is 5.82 Å². The molecule has 1 aliphatic heterocycles. The summed E-state index contributed by atoms with van der Waals surface area (Å²) in [5, 5.41) is 4.60. The van der Waals surface area contributed by atoms with Gasteiger partial charge in [0.2, 0.25) is 5.91 Å². The Balaban J connectivity index is 2.15. The summed E-state index contributed by atoms with van der Waals surface area (Å²) >= 11 is 0. The van der Waals surface area contributed by atoms with Crippen LogP contribution < -0.4 is 0 Å². The Kier molecular flexibility index (Phi) is 4.88. The first kappa shape index (κ1) is 18.6. The standard InChI is InChI=1S/C20H28N4O2/c1-13(2)23-16(25)12-26-18(17(23)15-10-8-7-9-11-15)19-21-14(3)22-24(19)20(4,5)6/h7-11,13,17-18H,12H2,1-6H3/t17-,18+/m1/s1. The van der Waals surface area contributed by atoms with Gasteiger partial charge in [-0.2, -0.15) is 5.10 Å². The quantitative estimate of drug-likeness (QED) is 0.846. The molecule has 6 heteroatoms. The van der Waals surface area contributed by atoms with Gasteiger partial charge in [0, 0.05) is 6.04 Å². The molecule has 0 aliphatic carbocycles. The molecule has 3 rings (SSSR count). The van der Waals surface area contributed by atoms with E-state index in [1.54, 1.807) is 0 Å². The number of hydrogen-bond acceptors (Lipinski definition) is 4. The Morgan fingerprint density at radius 3 is 2.42 bits per heavy atom. The molecule has 1 fully saturated rings. The summed E-state index contributed by atoms with van der Waals surface area (Å²) in [6.45, 7) is 12.3. The fraction of sp³-hybridized carbons (Fsp3) is 0.550. The van der Waals surface area contributed by atoms with Crippen molar-refractivity contribution in [2.24, 2.45) is 0 Å². The number of benzene rings is 1. The van der Waals surface area contributed by atoms with Crippen LogP contribution in [0.2, 0.25) is 0 Å². The van der Waals surface area contributed by atoms with Crippen molar-refractivity contribution in [3.05, 3.63) is 47.5 Å². The molecule has 0 spiro atoms. The highest BCUT2D eigenvalue weighted by Gasteiger charge is 2.43. The van der Waals surface area contributed by atoms with Crippen LogP contribution in [0.15, 0.2) is 30.3 Å². The Bertz CT molecular complexity index is 777. The molecule has 26 heavy (non-hydrogen) atoms. The average Bonchev–Trinajstić information content (AvgIpc) is 2.97. The summed E-state index contributed by atoms with van der Waals surface area (Å²) in [5.74, 6) is 1.48. The molecule has 140 valence electrons. The summed E-state index contributed by atoms with van der Waals surface area (Å²) in [7, 11) is 0. The number of carbonyl (C=O) groups excluding carboxylic acids is 1. The number of aromatic nitrogens is 3. The normalized spacial score (nSPS) is 21.5. The van der Waals surface area contributed by atoms with Gasteiger partial charge in [-0.25, -0.2) is 9.67 Å². The van der Waals surface area contributed by atoms with Gasteiger partial charge in [0.05, 0.1) is 11.6 Å². The molecule has 2 atom stereocenters. The summed E-state index contributed by atoms with van der Waals surface area (Å²) in [6.07, 6.45) is -0.363. The van der Waals surface area contributed by atoms with Crippen molar-refractivity contribution in [3.8, 4) is 0 Å². The van der Waals surface area contributed by atoms with Crippen LogP contribution in [0, 0.1) is 6.92 Å². The number of amides is 1. The van der Waals surface area contributed by atoms with Crippen LogP contribution in [-0.2, 0) is 15.1 Å². The monoisotopic (exact) mass is 356 g/mol. The molecular weight excluding hydrogens is 328 g/mol. The van der Waals surface area contributed by atoms with Gasteiger partial charge >= 0.3 is 0 Å². The van der Waals surface area contributed by atoms with Gasteiger partial charge in [-0.1, -0.05) is 30.3 Å². The summed E-state index contributed by atoms with van der Waals surface area (Å²) in [6, 6.07) is 9.87. The predicted octanol–water partition coefficient (Wildman–Crippen LogP) is 3.39. The van der Waals surface area contributed by atoms with Crippen LogP contribution in [0.5, 0.6) is 0 Å². The van der Waals surface area contributed by atoms with Crippen LogP contribution >= 0.6 is 0 Å². The Hall–Kier alpha value is -2.21. The minimum Gasteiger partial charge on any atom is -0.358 e. The molecular formula is C20H28N4O2. The van der Waals surface area contributed by atoms with Crippen molar-refractivity contribution in [1.82, 2.24) is 19.7 Å². The summed E-state index contributed by atoms with van der Waals surface area (Å²) < 4.78 is 7.99. The first-order valence-electron chi connectivity index (χ1n) is 9.12. The number of aryl methyl sites for hydroxylation is 1. The van der Waals surface area contributed by atoms with Crippen molar-refractivity contribution >= 4 is 5.91 Å². The number of hydrogen-bond donors (Lipinski definition) is 0. The van der Waals surface area contributed by atoms with E-state index in [1.807, 2.05) is 60.7 Å². The molecule has 1 aromatic heterocycles. The Labute approximate surface area is 155 Å². The minimum atomic E-state index is -0.363. The molecule has 0 bridgehead atoms. The number of rotatable bonds is 3. The summed E-state index contributed by atoms with van der Waals surface area (Å²) in [5.41, 5.74) is 0.811. The minimum absolute atomic E-state index is 0.00338. The van der Waals surface area contributed by atoms with Crippen molar-refractivity contribution in [2.45, 2.75) is 65.3 Å². The smallest absolute Gasteiger partial charge is 0.249 e. The molecule has 0 N–H and O–H groups in total. The van der Waals surface area contributed by atoms with E-state index in [0.717, 1.165) is 11.4 Å². The maximum Gasteiger partial charge on any atom is 0.249 e. The van der Waals surface area contributed by atoms with Crippen molar-refractivity contribution in [1.29, 1.82) is 0 Å². The van der Waals surface area contributed by atoms with E-state index < -0.39 is 0 Å². The second kappa shape index (κ2) is 6.83. The van der Waals surface area contributed by atoms with E-state index in [1.165, 1.54) is 0 Å². The number of morpholine rings is 1. The maximum atomic E-state index is 12.6. The average molecular weight is 356 g/mol. The van der Waals surface area contributed by atoms with E-state index in [9.17, 15) is 4.79 Å². The number of ether oxygens (including phenoxy) is 1. The number of carbonyl (C=O) groups is 1. The van der Waals surface area contributed by atoms with E-state index in [-0.39, 0.29) is 36.2 Å². The molecule has 1 aromatic carbocycles. The SMILES string of the molecule is Cc1nc([C@H]2OCC(=O)N(C(C)C)[C@@H]2c2ccccc2)n(C(C)(C)C)n1. The maximum absolute atomic E-state index is 12.6. The van der Waals surface area contributed by atoms with E-state index >= 15 is 0 Å². The fourth-order valence-corrected chi connectivity index (χ4v) is 3.55. The Morgan fingerprint density at radius 2 is 1.85 bits per heavy atom. The lowest BCUT2D eigenvalue weighted by Gasteiger charge is -2.43. The molecule has 6 nitrogen and oxygen atoms in total. The first-order chi connectivity index (χ1) is 12.2. The van der Waals surface area contributed by atoms with Crippen molar-refractivity contribution in [3.63, 3.8) is 0 Å². The molecule has 0 radical (unpaired) electrons. The Morgan fingerprint density at radius 1 is 1.19 bits per heavy atom. The molecule has 2 aromatic rings. The first-order valence-corrected chi connectivity index (χ1v) is 9.12. The third-order valence-electron chi connectivity index (χ3n) is 4.59. The number of nitrogens with zero attached hydrogens (tertiary/aromatic N) is 4. The second-order valence-electron chi connectivity index (χ2n) is 8.08. The van der Waals surface area contributed by atoms with Crippen LogP contribution in [0.1, 0.15) is 64.0 Å². The van der Waals surface area contributed by atoms with Crippen molar-refractivity contribution in [2.75, 3.05) is 6.61 Å². The highest BCUT2D eigenvalue weighted by atomic mass is 16.5. The van der Waals surface area contributed by atoms with E-state index in [0.29, 0.717) is 5.82 Å². The van der Waals surface area contributed by atoms with Crippen LogP contribution in [0.25, 0.3) is 0 Å². The van der Waals surface area contributed by atoms with Gasteiger partial charge < -0.3 is 9.64 Å². The molecule has 1 aliphatic rings. The summed E-state index contributed by atoms with van der Waals surface area (Å²) in [4.78, 5) is 19.2. The van der Waals surface area contributed by atoms with Gasteiger partial charge in [-0.3, -0.25) is 4.79 Å². The van der Waals surface area contributed by atoms with Crippen LogP contribution in [-0.4, -0.2) is 38.2 Å². The zero-order chi connectivity index (χ0) is 19.1. The largest absolute Gasteiger partial charge is 0.358 e. The topological polar surface area (TPSA) is 60.2 Å². The third-order valence-corrected chi connectivity index (χ3v) is 4.59. The lowest BCUT2D eigenvalue weighted by atomic mass is 9.95. The second-order valence-corrected chi connectivity index (χ2v) is 8.08. The lowest BCUT2D eigenvalue weighted by Crippen LogP contribution is -2.49. The zero-order valence-electron chi connectivity index (χ0n) is 16.4. The molecule has 1 amide bonds. The van der Waals surface area contributed by atoms with Gasteiger partial charge in [-0.05, 0) is 47.1 Å². The lowest BCUT2D eigenvalue weighted by molar-refractivity contribution is -0.163. The fourth-order valence-electron chi connectivity index (χ4n) is 3.55. The van der Waals surface area contributed by atoms with Gasteiger partial charge in [0.1, 0.15) is 18.5 Å². The third kappa shape index (κ3) is 3.38. The highest BCUT2D eigenvalue weighted by Crippen LogP contribution is 2.41. The molecule has 0 unspecified atom stereocenters. The van der Waals surface area contributed by atoms with Crippen LogP contribution in [0.4, 0.5) is 0 Å². The van der Waals surface area contributed by atoms with Gasteiger partial charge in [0.25, 0.3) is 0 Å². The van der Waals surface area contributed by atoms with Gasteiger partial charge in [-0.15, -0.1) is 0 Å². The van der Waals surface area contributed by atoms with Crippen LogP contribution in [0.3, 0.4) is 0 Å². The predicted molar refractivity (Wildman–Crippen MR) is 99.6 cm³/mol. The van der Waals surface area contributed by atoms with Crippen molar-refractivity contribution < 1.29 is 9.53 Å².